The van der Waals surface area contributed by atoms with E-state index in [1.807, 2.05) is 6.92 Å². The molecular weight excluding hydrogens is 276 g/mol. The van der Waals surface area contributed by atoms with Crippen molar-refractivity contribution < 1.29 is 13.5 Å². The van der Waals surface area contributed by atoms with Crippen LogP contribution in [0.3, 0.4) is 0 Å². The maximum Gasteiger partial charge on any atom is 0.244 e. The lowest BCUT2D eigenvalue weighted by Crippen LogP contribution is -2.28. The predicted molar refractivity (Wildman–Crippen MR) is 72.0 cm³/mol. The smallest absolute Gasteiger partial charge is 0.244 e. The van der Waals surface area contributed by atoms with E-state index in [1.165, 1.54) is 12.1 Å². The highest BCUT2D eigenvalue weighted by atomic mass is 35.5. The van der Waals surface area contributed by atoms with Gasteiger partial charge in [0.05, 0.1) is 16.8 Å². The third kappa shape index (κ3) is 3.84. The number of rotatable bonds is 6. The summed E-state index contributed by atoms with van der Waals surface area (Å²) in [6.07, 6.45) is 0.409. The van der Waals surface area contributed by atoms with Crippen LogP contribution in [0.5, 0.6) is 0 Å². The molecule has 0 radical (unpaired) electrons. The van der Waals surface area contributed by atoms with Crippen LogP contribution >= 0.6 is 11.6 Å². The Kier molecular flexibility index (Phi) is 5.40. The first-order chi connectivity index (χ1) is 8.38. The largest absolute Gasteiger partial charge is 0.398 e. The van der Waals surface area contributed by atoms with Crippen LogP contribution in [0.1, 0.15) is 19.8 Å². The van der Waals surface area contributed by atoms with Gasteiger partial charge >= 0.3 is 0 Å². The second-order valence-electron chi connectivity index (χ2n) is 3.91. The second-order valence-corrected chi connectivity index (χ2v) is 6.02. The summed E-state index contributed by atoms with van der Waals surface area (Å²) in [6.45, 7) is 1.97. The van der Waals surface area contributed by atoms with Crippen LogP contribution in [-0.2, 0) is 10.0 Å². The van der Waals surface area contributed by atoms with E-state index in [1.54, 1.807) is 6.07 Å². The van der Waals surface area contributed by atoms with Crippen molar-refractivity contribution >= 4 is 27.3 Å². The van der Waals surface area contributed by atoms with Crippen molar-refractivity contribution in [3.8, 4) is 0 Å². The molecule has 7 heteroatoms. The molecule has 0 bridgehead atoms. The molecule has 0 spiro atoms. The molecule has 102 valence electrons. The quantitative estimate of drug-likeness (QED) is 0.690. The van der Waals surface area contributed by atoms with Crippen LogP contribution in [0.25, 0.3) is 0 Å². The standard InChI is InChI=1S/C11H17ClN2O3S/c1-2-8(15)6-7-14-18(16,17)11-9(12)4-3-5-10(11)13/h3-5,8,14-15H,2,6-7,13H2,1H3. The molecule has 0 heterocycles. The number of benzene rings is 1. The number of nitrogens with two attached hydrogens (primary N) is 1. The number of aliphatic hydroxyl groups excluding tert-OH is 1. The molecule has 4 N–H and O–H groups in total. The molecule has 1 atom stereocenters. The van der Waals surface area contributed by atoms with Gasteiger partial charge in [-0.1, -0.05) is 24.6 Å². The Bertz CT molecular complexity index is 485. The molecule has 0 saturated heterocycles. The van der Waals surface area contributed by atoms with E-state index in [0.717, 1.165) is 0 Å². The van der Waals surface area contributed by atoms with Gasteiger partial charge in [0, 0.05) is 6.54 Å². The average molecular weight is 293 g/mol. The Morgan fingerprint density at radius 3 is 2.72 bits per heavy atom. The topological polar surface area (TPSA) is 92.4 Å². The average Bonchev–Trinajstić information content (AvgIpc) is 2.27. The molecule has 5 nitrogen and oxygen atoms in total. The van der Waals surface area contributed by atoms with Gasteiger partial charge in [0.2, 0.25) is 10.0 Å². The second kappa shape index (κ2) is 6.38. The minimum absolute atomic E-state index is 0.0820. The summed E-state index contributed by atoms with van der Waals surface area (Å²) in [4.78, 5) is -0.113. The number of anilines is 1. The lowest BCUT2D eigenvalue weighted by molar-refractivity contribution is 0.162. The van der Waals surface area contributed by atoms with Gasteiger partial charge in [-0.25, -0.2) is 13.1 Å². The van der Waals surface area contributed by atoms with Crippen molar-refractivity contribution in [2.45, 2.75) is 30.8 Å². The molecule has 1 aromatic rings. The zero-order valence-corrected chi connectivity index (χ0v) is 11.6. The van der Waals surface area contributed by atoms with Gasteiger partial charge < -0.3 is 10.8 Å². The molecule has 0 aromatic heterocycles. The van der Waals surface area contributed by atoms with E-state index in [0.29, 0.717) is 12.8 Å². The Morgan fingerprint density at radius 1 is 1.50 bits per heavy atom. The van der Waals surface area contributed by atoms with E-state index in [2.05, 4.69) is 4.72 Å². The molecule has 0 aliphatic carbocycles. The SMILES string of the molecule is CCC(O)CCNS(=O)(=O)c1c(N)cccc1Cl. The van der Waals surface area contributed by atoms with E-state index < -0.39 is 16.1 Å². The Labute approximate surface area is 112 Å². The fourth-order valence-electron chi connectivity index (χ4n) is 1.45. The van der Waals surface area contributed by atoms with Crippen molar-refractivity contribution in [1.29, 1.82) is 0 Å². The fraction of sp³-hybridized carbons (Fsp3) is 0.455. The van der Waals surface area contributed by atoms with Gasteiger partial charge in [-0.3, -0.25) is 0 Å². The van der Waals surface area contributed by atoms with Gasteiger partial charge in [0.25, 0.3) is 0 Å². The minimum Gasteiger partial charge on any atom is -0.398 e. The number of halogens is 1. The zero-order chi connectivity index (χ0) is 13.8. The molecule has 18 heavy (non-hydrogen) atoms. The van der Waals surface area contributed by atoms with Crippen LogP contribution in [0.15, 0.2) is 23.1 Å². The van der Waals surface area contributed by atoms with Gasteiger partial charge in [-0.15, -0.1) is 0 Å². The van der Waals surface area contributed by atoms with Gasteiger partial charge in [-0.05, 0) is 25.0 Å². The van der Waals surface area contributed by atoms with E-state index >= 15 is 0 Å². The van der Waals surface area contributed by atoms with E-state index in [-0.39, 0.29) is 22.2 Å². The molecule has 0 amide bonds. The number of aliphatic hydroxyl groups is 1. The van der Waals surface area contributed by atoms with Crippen molar-refractivity contribution in [3.05, 3.63) is 23.2 Å². The van der Waals surface area contributed by atoms with Crippen LogP contribution in [0, 0.1) is 0 Å². The Morgan fingerprint density at radius 2 is 2.17 bits per heavy atom. The summed E-state index contributed by atoms with van der Waals surface area (Å²) in [5.74, 6) is 0. The van der Waals surface area contributed by atoms with Gasteiger partial charge in [-0.2, -0.15) is 0 Å². The van der Waals surface area contributed by atoms with E-state index in [4.69, 9.17) is 17.3 Å². The summed E-state index contributed by atoms with van der Waals surface area (Å²) in [5.41, 5.74) is 5.72. The third-order valence-corrected chi connectivity index (χ3v) is 4.51. The molecule has 0 saturated carbocycles. The van der Waals surface area contributed by atoms with E-state index in [9.17, 15) is 13.5 Å². The fourth-order valence-corrected chi connectivity index (χ4v) is 3.17. The summed E-state index contributed by atoms with van der Waals surface area (Å²) in [6, 6.07) is 4.52. The predicted octanol–water partition coefficient (Wildman–Crippen LogP) is 1.36. The first-order valence-electron chi connectivity index (χ1n) is 5.60. The van der Waals surface area contributed by atoms with Crippen molar-refractivity contribution in [2.75, 3.05) is 12.3 Å². The number of nitrogens with one attached hydrogen (secondary N) is 1. The highest BCUT2D eigenvalue weighted by Crippen LogP contribution is 2.26. The highest BCUT2D eigenvalue weighted by molar-refractivity contribution is 7.89. The summed E-state index contributed by atoms with van der Waals surface area (Å²) >= 11 is 5.83. The molecule has 0 fully saturated rings. The van der Waals surface area contributed by atoms with Crippen LogP contribution < -0.4 is 10.5 Å². The molecule has 0 aliphatic heterocycles. The van der Waals surface area contributed by atoms with Crippen molar-refractivity contribution in [3.63, 3.8) is 0 Å². The maximum atomic E-state index is 12.0. The summed E-state index contributed by atoms with van der Waals surface area (Å²) in [5, 5.41) is 9.43. The van der Waals surface area contributed by atoms with Crippen LogP contribution in [-0.4, -0.2) is 26.2 Å². The molecule has 1 unspecified atom stereocenters. The first-order valence-corrected chi connectivity index (χ1v) is 7.46. The van der Waals surface area contributed by atoms with Crippen molar-refractivity contribution in [1.82, 2.24) is 4.72 Å². The summed E-state index contributed by atoms with van der Waals surface area (Å²) < 4.78 is 26.3. The Hall–Kier alpha value is -0.820. The molecule has 1 aromatic carbocycles. The maximum absolute atomic E-state index is 12.0. The number of hydrogen-bond donors (Lipinski definition) is 3. The molecular formula is C11H17ClN2O3S. The lowest BCUT2D eigenvalue weighted by Gasteiger charge is -2.12. The molecule has 0 aliphatic rings. The number of nitrogen functional groups attached to an aromatic ring is 1. The van der Waals surface area contributed by atoms with Gasteiger partial charge in [0.1, 0.15) is 4.90 Å². The van der Waals surface area contributed by atoms with Crippen LogP contribution in [0.4, 0.5) is 5.69 Å². The third-order valence-electron chi connectivity index (χ3n) is 2.51. The van der Waals surface area contributed by atoms with Crippen LogP contribution in [0.2, 0.25) is 5.02 Å². The monoisotopic (exact) mass is 292 g/mol. The number of sulfonamides is 1. The zero-order valence-electron chi connectivity index (χ0n) is 10.1. The van der Waals surface area contributed by atoms with Gasteiger partial charge in [0.15, 0.2) is 0 Å². The summed E-state index contributed by atoms with van der Waals surface area (Å²) in [7, 11) is -3.74. The minimum atomic E-state index is -3.74. The Balaban J connectivity index is 2.81. The lowest BCUT2D eigenvalue weighted by atomic mass is 10.2. The highest BCUT2D eigenvalue weighted by Gasteiger charge is 2.20. The van der Waals surface area contributed by atoms with Crippen molar-refractivity contribution in [2.24, 2.45) is 0 Å². The number of hydrogen-bond acceptors (Lipinski definition) is 4. The normalized spacial score (nSPS) is 13.5. The molecule has 1 rings (SSSR count). The first kappa shape index (κ1) is 15.2.